The highest BCUT2D eigenvalue weighted by Gasteiger charge is 2.46. The minimum Gasteiger partial charge on any atom is -0.293 e. The van der Waals surface area contributed by atoms with E-state index in [1.54, 1.807) is 0 Å². The van der Waals surface area contributed by atoms with Crippen molar-refractivity contribution in [2.24, 2.45) is 0 Å². The monoisotopic (exact) mass is 586 g/mol. The molecule has 0 heterocycles. The molecule has 2 aliphatic rings. The van der Waals surface area contributed by atoms with Crippen LogP contribution in [0, 0.1) is 0 Å². The molecule has 2 heteroatoms. The first kappa shape index (κ1) is 25.5. The van der Waals surface area contributed by atoms with Crippen LogP contribution in [0.1, 0.15) is 43.7 Å². The number of hydrogen-bond donors (Lipinski definition) is 0. The summed E-state index contributed by atoms with van der Waals surface area (Å²) in [4.78, 5) is 30.3. The van der Waals surface area contributed by atoms with Gasteiger partial charge in [-0.15, -0.1) is 0 Å². The van der Waals surface area contributed by atoms with Crippen molar-refractivity contribution in [3.05, 3.63) is 168 Å². The van der Waals surface area contributed by atoms with Crippen molar-refractivity contribution < 1.29 is 9.59 Å². The van der Waals surface area contributed by atoms with Crippen molar-refractivity contribution >= 4 is 54.7 Å². The largest absolute Gasteiger partial charge is 0.293 e. The zero-order valence-electron chi connectivity index (χ0n) is 24.8. The SMILES string of the molecule is O=C1c2ccccc2-c2ccc3ccc4ccccc4c3c2[C@H]1[C@H]1C(=O)c2ccccc2-c2ccc3ccc4ccccc4c3c21. The van der Waals surface area contributed by atoms with Crippen LogP contribution in [-0.4, -0.2) is 11.6 Å². The Hall–Kier alpha value is -5.86. The van der Waals surface area contributed by atoms with E-state index in [0.717, 1.165) is 76.5 Å². The molecule has 2 nitrogen and oxygen atoms in total. The van der Waals surface area contributed by atoms with Crippen LogP contribution in [0.2, 0.25) is 0 Å². The minimum atomic E-state index is -0.705. The van der Waals surface area contributed by atoms with Gasteiger partial charge in [-0.05, 0) is 76.5 Å². The maximum atomic E-state index is 15.2. The molecule has 0 unspecified atom stereocenters. The highest BCUT2D eigenvalue weighted by Crippen LogP contribution is 2.55. The third kappa shape index (κ3) is 3.31. The van der Waals surface area contributed by atoms with E-state index in [4.69, 9.17) is 0 Å². The zero-order chi connectivity index (χ0) is 30.5. The smallest absolute Gasteiger partial charge is 0.172 e. The number of rotatable bonds is 1. The topological polar surface area (TPSA) is 34.1 Å². The summed E-state index contributed by atoms with van der Waals surface area (Å²) in [6.45, 7) is 0. The highest BCUT2D eigenvalue weighted by atomic mass is 16.1. The van der Waals surface area contributed by atoms with Gasteiger partial charge in [-0.2, -0.15) is 0 Å². The van der Waals surface area contributed by atoms with Crippen LogP contribution in [0.3, 0.4) is 0 Å². The predicted octanol–water partition coefficient (Wildman–Crippen LogP) is 10.9. The van der Waals surface area contributed by atoms with Gasteiger partial charge in [0.05, 0.1) is 11.8 Å². The minimum absolute atomic E-state index is 0.00413. The lowest BCUT2D eigenvalue weighted by Crippen LogP contribution is -2.32. The van der Waals surface area contributed by atoms with Gasteiger partial charge in [0.2, 0.25) is 0 Å². The van der Waals surface area contributed by atoms with Gasteiger partial charge in [0.15, 0.2) is 11.6 Å². The molecule has 0 aliphatic heterocycles. The Morgan fingerprint density at radius 1 is 0.304 bits per heavy atom. The molecular weight excluding hydrogens is 560 g/mol. The van der Waals surface area contributed by atoms with Gasteiger partial charge in [0, 0.05) is 11.1 Å². The van der Waals surface area contributed by atoms with Gasteiger partial charge in [-0.1, -0.05) is 146 Å². The van der Waals surface area contributed by atoms with Gasteiger partial charge < -0.3 is 0 Å². The Morgan fingerprint density at radius 2 is 0.652 bits per heavy atom. The van der Waals surface area contributed by atoms with Gasteiger partial charge >= 0.3 is 0 Å². The summed E-state index contributed by atoms with van der Waals surface area (Å²) < 4.78 is 0. The molecule has 0 aromatic heterocycles. The van der Waals surface area contributed by atoms with Crippen molar-refractivity contribution in [1.29, 1.82) is 0 Å². The molecule has 0 fully saturated rings. The number of hydrogen-bond acceptors (Lipinski definition) is 2. The van der Waals surface area contributed by atoms with Gasteiger partial charge in [-0.3, -0.25) is 9.59 Å². The zero-order valence-corrected chi connectivity index (χ0v) is 24.8. The number of benzene rings is 8. The molecule has 214 valence electrons. The molecule has 0 saturated heterocycles. The van der Waals surface area contributed by atoms with Crippen LogP contribution < -0.4 is 0 Å². The summed E-state index contributed by atoms with van der Waals surface area (Å²) in [5.41, 5.74) is 7.19. The Kier molecular flexibility index (Phi) is 5.16. The first-order valence-corrected chi connectivity index (χ1v) is 15.8. The van der Waals surface area contributed by atoms with E-state index in [9.17, 15) is 0 Å². The summed E-state index contributed by atoms with van der Waals surface area (Å²) in [6, 6.07) is 49.8. The molecule has 46 heavy (non-hydrogen) atoms. The second kappa shape index (κ2) is 9.32. The van der Waals surface area contributed by atoms with Gasteiger partial charge in [0.1, 0.15) is 0 Å². The fourth-order valence-electron chi connectivity index (χ4n) is 8.47. The second-order valence-corrected chi connectivity index (χ2v) is 12.6. The number of fused-ring (bicyclic) bond motifs is 14. The molecule has 0 spiro atoms. The fraction of sp³-hybridized carbons (Fsp3) is 0.0455. The molecule has 8 aromatic rings. The number of Topliss-reactive ketones (excluding diaryl/α,β-unsaturated/α-hetero) is 2. The molecule has 0 radical (unpaired) electrons. The third-order valence-corrected chi connectivity index (χ3v) is 10.4. The Balaban J connectivity index is 1.40. The lowest BCUT2D eigenvalue weighted by atomic mass is 9.63. The standard InChI is InChI=1S/C44H26O2/c45-43-35-15-7-5-13-31(35)33-23-21-27-19-17-25-9-1-3-11-29(25)37(27)39(33)41(43)42-40-34(32-14-6-8-16-36(32)44(42)46)24-22-28-20-18-26-10-2-4-12-30(26)38(28)40/h1-24,41-42H/t41-,42-/m0/s1. The lowest BCUT2D eigenvalue weighted by molar-refractivity contribution is 0.0865. The van der Waals surface area contributed by atoms with Crippen molar-refractivity contribution in [3.8, 4) is 22.3 Å². The average Bonchev–Trinajstić information content (AvgIpc) is 3.12. The maximum absolute atomic E-state index is 15.2. The highest BCUT2D eigenvalue weighted by molar-refractivity contribution is 6.24. The second-order valence-electron chi connectivity index (χ2n) is 12.6. The van der Waals surface area contributed by atoms with Crippen molar-refractivity contribution in [3.63, 3.8) is 0 Å². The molecule has 10 rings (SSSR count). The molecule has 0 bridgehead atoms. The molecule has 0 N–H and O–H groups in total. The van der Waals surface area contributed by atoms with Crippen LogP contribution >= 0.6 is 0 Å². The van der Waals surface area contributed by atoms with Crippen molar-refractivity contribution in [2.75, 3.05) is 0 Å². The Morgan fingerprint density at radius 3 is 1.11 bits per heavy atom. The lowest BCUT2D eigenvalue weighted by Gasteiger charge is -2.37. The predicted molar refractivity (Wildman–Crippen MR) is 188 cm³/mol. The molecule has 8 aromatic carbocycles. The molecule has 2 atom stereocenters. The fourth-order valence-corrected chi connectivity index (χ4v) is 8.47. The Labute approximate surface area is 265 Å². The van der Waals surface area contributed by atoms with Crippen LogP contribution in [0.25, 0.3) is 65.3 Å². The Bertz CT molecular complexity index is 2460. The van der Waals surface area contributed by atoms with Crippen LogP contribution in [0.5, 0.6) is 0 Å². The normalized spacial score (nSPS) is 16.8. The van der Waals surface area contributed by atoms with E-state index in [1.165, 1.54) is 0 Å². The van der Waals surface area contributed by atoms with E-state index in [-0.39, 0.29) is 11.6 Å². The summed E-state index contributed by atoms with van der Waals surface area (Å²) in [5, 5.41) is 8.69. The molecule has 0 amide bonds. The molecular formula is C44H26O2. The summed E-state index contributed by atoms with van der Waals surface area (Å²) in [6.07, 6.45) is 0. The number of ketones is 2. The van der Waals surface area contributed by atoms with Crippen molar-refractivity contribution in [1.82, 2.24) is 0 Å². The van der Waals surface area contributed by atoms with Crippen molar-refractivity contribution in [2.45, 2.75) is 11.8 Å². The van der Waals surface area contributed by atoms with Gasteiger partial charge in [0.25, 0.3) is 0 Å². The van der Waals surface area contributed by atoms with Crippen LogP contribution in [0.15, 0.2) is 146 Å². The third-order valence-electron chi connectivity index (χ3n) is 10.4. The number of carbonyl (C=O) groups excluding carboxylic acids is 2. The van der Waals surface area contributed by atoms with Crippen LogP contribution in [-0.2, 0) is 0 Å². The summed E-state index contributed by atoms with van der Waals surface area (Å²) >= 11 is 0. The van der Waals surface area contributed by atoms with E-state index < -0.39 is 11.8 Å². The first-order valence-electron chi connectivity index (χ1n) is 15.8. The summed E-state index contributed by atoms with van der Waals surface area (Å²) in [7, 11) is 0. The van der Waals surface area contributed by atoms with Crippen LogP contribution in [0.4, 0.5) is 0 Å². The molecule has 0 saturated carbocycles. The first-order chi connectivity index (χ1) is 22.7. The van der Waals surface area contributed by atoms with E-state index in [1.807, 2.05) is 48.5 Å². The van der Waals surface area contributed by atoms with E-state index >= 15 is 9.59 Å². The molecule has 2 aliphatic carbocycles. The quantitative estimate of drug-likeness (QED) is 0.179. The maximum Gasteiger partial charge on any atom is 0.172 e. The average molecular weight is 587 g/mol. The van der Waals surface area contributed by atoms with E-state index in [2.05, 4.69) is 97.1 Å². The number of carbonyl (C=O) groups is 2. The summed E-state index contributed by atoms with van der Waals surface area (Å²) in [5.74, 6) is -1.40. The van der Waals surface area contributed by atoms with E-state index in [0.29, 0.717) is 11.1 Å². The van der Waals surface area contributed by atoms with Gasteiger partial charge in [-0.25, -0.2) is 0 Å².